The average molecular weight is 419 g/mol. The molecule has 3 heterocycles. The second kappa shape index (κ2) is 8.71. The van der Waals surface area contributed by atoms with Crippen LogP contribution in [-0.4, -0.2) is 42.4 Å². The van der Waals surface area contributed by atoms with Crippen molar-refractivity contribution in [3.8, 4) is 5.75 Å². The molecule has 154 valence electrons. The molecular weight excluding hydrogens is 397 g/mol. The summed E-state index contributed by atoms with van der Waals surface area (Å²) in [7, 11) is 1.34. The summed E-state index contributed by atoms with van der Waals surface area (Å²) in [4.78, 5) is 21.7. The molecule has 0 aliphatic carbocycles. The van der Waals surface area contributed by atoms with Crippen molar-refractivity contribution >= 4 is 39.0 Å². The van der Waals surface area contributed by atoms with Crippen molar-refractivity contribution in [1.82, 2.24) is 9.97 Å². The van der Waals surface area contributed by atoms with Gasteiger partial charge in [0.2, 0.25) is 0 Å². The number of esters is 1. The van der Waals surface area contributed by atoms with Crippen LogP contribution in [-0.2, 0) is 9.47 Å². The third-order valence-electron chi connectivity index (χ3n) is 4.48. The monoisotopic (exact) mass is 419 g/mol. The zero-order valence-electron chi connectivity index (χ0n) is 15.3. The van der Waals surface area contributed by atoms with Crippen molar-refractivity contribution < 1.29 is 23.4 Å². The van der Waals surface area contributed by atoms with Gasteiger partial charge in [-0.1, -0.05) is 7.43 Å². The number of fused-ring (bicyclic) bond motifs is 1. The number of thiophene rings is 1. The van der Waals surface area contributed by atoms with E-state index < -0.39 is 11.8 Å². The molecule has 1 N–H and O–H groups in total. The summed E-state index contributed by atoms with van der Waals surface area (Å²) in [5.41, 5.74) is 1.29. The van der Waals surface area contributed by atoms with E-state index in [1.54, 1.807) is 6.07 Å². The van der Waals surface area contributed by atoms with Crippen LogP contribution in [0.15, 0.2) is 24.5 Å². The highest BCUT2D eigenvalue weighted by Gasteiger charge is 2.22. The molecule has 1 saturated heterocycles. The average Bonchev–Trinajstić information content (AvgIpc) is 3.32. The van der Waals surface area contributed by atoms with E-state index in [1.165, 1.54) is 36.9 Å². The van der Waals surface area contributed by atoms with E-state index in [0.29, 0.717) is 45.6 Å². The first-order valence-electron chi connectivity index (χ1n) is 8.70. The Morgan fingerprint density at radius 2 is 2.21 bits per heavy atom. The molecular formula is C20H22FN3O4S. The van der Waals surface area contributed by atoms with Crippen LogP contribution in [0.3, 0.4) is 0 Å². The maximum absolute atomic E-state index is 13.8. The lowest BCUT2D eigenvalue weighted by molar-refractivity contribution is 0.0605. The molecule has 4 rings (SSSR count). The summed E-state index contributed by atoms with van der Waals surface area (Å²) in [6.45, 7) is 2.91. The van der Waals surface area contributed by atoms with E-state index in [4.69, 9.17) is 14.2 Å². The minimum absolute atomic E-state index is 0. The molecule has 29 heavy (non-hydrogen) atoms. The molecule has 1 atom stereocenters. The smallest absolute Gasteiger partial charge is 0.348 e. The van der Waals surface area contributed by atoms with Crippen LogP contribution < -0.4 is 10.1 Å². The van der Waals surface area contributed by atoms with Crippen LogP contribution in [0.5, 0.6) is 5.75 Å². The lowest BCUT2D eigenvalue weighted by Gasteiger charge is -2.17. The van der Waals surface area contributed by atoms with Crippen molar-refractivity contribution in [2.75, 3.05) is 25.6 Å². The van der Waals surface area contributed by atoms with Crippen LogP contribution in [0.25, 0.3) is 10.2 Å². The van der Waals surface area contributed by atoms with Crippen molar-refractivity contribution in [2.45, 2.75) is 26.9 Å². The van der Waals surface area contributed by atoms with E-state index in [1.807, 2.05) is 6.92 Å². The Balaban J connectivity index is 0.00000240. The van der Waals surface area contributed by atoms with E-state index >= 15 is 0 Å². The molecule has 7 nitrogen and oxygen atoms in total. The number of anilines is 2. The normalized spacial score (nSPS) is 15.8. The maximum Gasteiger partial charge on any atom is 0.348 e. The van der Waals surface area contributed by atoms with Gasteiger partial charge in [-0.25, -0.2) is 19.2 Å². The Morgan fingerprint density at radius 1 is 1.38 bits per heavy atom. The largest absolute Gasteiger partial charge is 0.486 e. The first-order valence-corrected chi connectivity index (χ1v) is 9.52. The van der Waals surface area contributed by atoms with Gasteiger partial charge in [0.25, 0.3) is 0 Å². The minimum Gasteiger partial charge on any atom is -0.486 e. The van der Waals surface area contributed by atoms with Gasteiger partial charge in [0.1, 0.15) is 39.5 Å². The van der Waals surface area contributed by atoms with Gasteiger partial charge in [-0.2, -0.15) is 0 Å². The highest BCUT2D eigenvalue weighted by molar-refractivity contribution is 7.20. The summed E-state index contributed by atoms with van der Waals surface area (Å²) in [6, 6.07) is 4.27. The highest BCUT2D eigenvalue weighted by Crippen LogP contribution is 2.37. The van der Waals surface area contributed by atoms with Gasteiger partial charge in [-0.15, -0.1) is 11.3 Å². The summed E-state index contributed by atoms with van der Waals surface area (Å²) in [5, 5.41) is 3.91. The lowest BCUT2D eigenvalue weighted by Crippen LogP contribution is -2.16. The van der Waals surface area contributed by atoms with Crippen LogP contribution in [0, 0.1) is 12.7 Å². The molecule has 1 aliphatic rings. The van der Waals surface area contributed by atoms with Gasteiger partial charge in [0, 0.05) is 12.5 Å². The number of ether oxygens (including phenoxy) is 3. The summed E-state index contributed by atoms with van der Waals surface area (Å²) in [6.07, 6.45) is 2.04. The third kappa shape index (κ3) is 4.15. The fraction of sp³-hybridized carbons (Fsp3) is 0.350. The van der Waals surface area contributed by atoms with Crippen molar-refractivity contribution in [1.29, 1.82) is 0 Å². The zero-order valence-corrected chi connectivity index (χ0v) is 16.1. The van der Waals surface area contributed by atoms with Gasteiger partial charge in [-0.05, 0) is 24.6 Å². The Bertz CT molecular complexity index is 1030. The lowest BCUT2D eigenvalue weighted by atomic mass is 10.2. The van der Waals surface area contributed by atoms with Gasteiger partial charge in [-0.3, -0.25) is 0 Å². The first kappa shape index (κ1) is 20.9. The predicted molar refractivity (Wildman–Crippen MR) is 110 cm³/mol. The first-order chi connectivity index (χ1) is 13.6. The molecule has 0 amide bonds. The molecule has 0 unspecified atom stereocenters. The fourth-order valence-electron chi connectivity index (χ4n) is 3.06. The Morgan fingerprint density at radius 3 is 2.93 bits per heavy atom. The maximum atomic E-state index is 13.8. The number of nitrogens with one attached hydrogen (secondary N) is 1. The molecule has 1 fully saturated rings. The van der Waals surface area contributed by atoms with Crippen LogP contribution in [0.4, 0.5) is 15.9 Å². The SMILES string of the molecule is C.COC(=O)c1sc2ncnc(Nc3ccc(F)cc3O[C@@H]3CCOC3)c2c1C. The number of methoxy groups -OCH3 is 1. The summed E-state index contributed by atoms with van der Waals surface area (Å²) in [5.74, 6) is 0.0712. The van der Waals surface area contributed by atoms with Gasteiger partial charge < -0.3 is 19.5 Å². The van der Waals surface area contributed by atoms with E-state index in [2.05, 4.69) is 15.3 Å². The number of rotatable bonds is 5. The number of carbonyl (C=O) groups is 1. The Labute approximate surface area is 171 Å². The number of aryl methyl sites for hydroxylation is 1. The summed E-state index contributed by atoms with van der Waals surface area (Å²) >= 11 is 1.24. The summed E-state index contributed by atoms with van der Waals surface area (Å²) < 4.78 is 29.9. The van der Waals surface area contributed by atoms with Gasteiger partial charge in [0.15, 0.2) is 0 Å². The van der Waals surface area contributed by atoms with Crippen LogP contribution >= 0.6 is 11.3 Å². The molecule has 0 radical (unpaired) electrons. The number of hydrogen-bond donors (Lipinski definition) is 1. The molecule has 1 aliphatic heterocycles. The highest BCUT2D eigenvalue weighted by atomic mass is 32.1. The molecule has 0 saturated carbocycles. The molecule has 0 bridgehead atoms. The number of aromatic nitrogens is 2. The molecule has 1 aromatic carbocycles. The Hall–Kier alpha value is -2.78. The standard InChI is InChI=1S/C19H18FN3O4S.CH4/c1-10-15-17(21-9-22-18(15)28-16(10)19(24)25-2)23-13-4-3-11(20)7-14(13)27-12-5-6-26-8-12;/h3-4,7,9,12H,5-6,8H2,1-2H3,(H,21,22,23);1H4/t12-;/m1./s1. The number of halogens is 1. The zero-order chi connectivity index (χ0) is 19.7. The Kier molecular flexibility index (Phi) is 6.29. The van der Waals surface area contributed by atoms with Gasteiger partial charge in [0.05, 0.1) is 31.4 Å². The van der Waals surface area contributed by atoms with Crippen LogP contribution in [0.2, 0.25) is 0 Å². The molecule has 9 heteroatoms. The predicted octanol–water partition coefficient (Wildman–Crippen LogP) is 4.47. The molecule has 3 aromatic rings. The van der Waals surface area contributed by atoms with E-state index in [9.17, 15) is 9.18 Å². The third-order valence-corrected chi connectivity index (χ3v) is 5.66. The van der Waals surface area contributed by atoms with Crippen molar-refractivity contribution in [3.63, 3.8) is 0 Å². The van der Waals surface area contributed by atoms with E-state index in [0.717, 1.165) is 12.0 Å². The molecule has 0 spiro atoms. The number of nitrogens with zero attached hydrogens (tertiary/aromatic N) is 2. The van der Waals surface area contributed by atoms with Crippen molar-refractivity contribution in [2.24, 2.45) is 0 Å². The second-order valence-electron chi connectivity index (χ2n) is 6.32. The van der Waals surface area contributed by atoms with E-state index in [-0.39, 0.29) is 13.5 Å². The van der Waals surface area contributed by atoms with Crippen LogP contribution in [0.1, 0.15) is 29.1 Å². The van der Waals surface area contributed by atoms with Gasteiger partial charge >= 0.3 is 5.97 Å². The second-order valence-corrected chi connectivity index (χ2v) is 7.32. The fourth-order valence-corrected chi connectivity index (χ4v) is 4.13. The minimum atomic E-state index is -0.418. The number of benzene rings is 1. The molecule has 2 aromatic heterocycles. The number of carbonyl (C=O) groups excluding carboxylic acids is 1. The van der Waals surface area contributed by atoms with Crippen molar-refractivity contribution in [3.05, 3.63) is 40.8 Å². The topological polar surface area (TPSA) is 82.6 Å². The number of hydrogen-bond acceptors (Lipinski definition) is 8. The quantitative estimate of drug-likeness (QED) is 0.611.